The van der Waals surface area contributed by atoms with Crippen LogP contribution in [0.15, 0.2) is 50.2 Å². The maximum atomic E-state index is 12.5. The summed E-state index contributed by atoms with van der Waals surface area (Å²) in [4.78, 5) is 40.2. The van der Waals surface area contributed by atoms with Crippen LogP contribution in [0.4, 0.5) is 0 Å². The number of rotatable bonds is 4. The maximum absolute atomic E-state index is 12.5. The Balaban J connectivity index is 1.35. The molecule has 1 aliphatic rings. The number of amides is 2. The van der Waals surface area contributed by atoms with Crippen molar-refractivity contribution in [3.63, 3.8) is 0 Å². The van der Waals surface area contributed by atoms with Crippen molar-refractivity contribution in [2.45, 2.75) is 13.0 Å². The molecule has 0 unspecified atom stereocenters. The lowest BCUT2D eigenvalue weighted by molar-refractivity contribution is -0.132. The Labute approximate surface area is 164 Å². The van der Waals surface area contributed by atoms with E-state index in [1.165, 1.54) is 10.8 Å². The summed E-state index contributed by atoms with van der Waals surface area (Å²) in [5, 5.41) is 0.491. The number of carbonyl (C=O) groups is 2. The predicted molar refractivity (Wildman–Crippen MR) is 101 cm³/mol. The molecule has 3 heterocycles. The highest BCUT2D eigenvalue weighted by atomic mass is 35.5. The lowest BCUT2D eigenvalue weighted by Gasteiger charge is -2.34. The van der Waals surface area contributed by atoms with Gasteiger partial charge >= 0.3 is 5.76 Å². The molecular weight excluding hydrogens is 386 g/mol. The van der Waals surface area contributed by atoms with Crippen LogP contribution in [0.3, 0.4) is 0 Å². The molecule has 4 rings (SSSR count). The lowest BCUT2D eigenvalue weighted by Crippen LogP contribution is -2.50. The molecule has 0 atom stereocenters. The molecule has 1 fully saturated rings. The Kier molecular flexibility index (Phi) is 4.95. The van der Waals surface area contributed by atoms with Crippen LogP contribution in [0.1, 0.15) is 17.0 Å². The van der Waals surface area contributed by atoms with Crippen molar-refractivity contribution in [1.82, 2.24) is 14.4 Å². The molecule has 9 heteroatoms. The average Bonchev–Trinajstić information content (AvgIpc) is 3.33. The van der Waals surface area contributed by atoms with E-state index in [1.807, 2.05) is 0 Å². The number of furan rings is 1. The quantitative estimate of drug-likeness (QED) is 0.666. The van der Waals surface area contributed by atoms with Gasteiger partial charge in [0, 0.05) is 44.2 Å². The van der Waals surface area contributed by atoms with E-state index >= 15 is 0 Å². The largest absolute Gasteiger partial charge is 0.459 e. The number of nitrogens with zero attached hydrogens (tertiary/aromatic N) is 3. The molecule has 0 saturated carbocycles. The second-order valence-electron chi connectivity index (χ2n) is 6.53. The number of aryl methyl sites for hydroxylation is 1. The van der Waals surface area contributed by atoms with Gasteiger partial charge in [0.1, 0.15) is 0 Å². The van der Waals surface area contributed by atoms with Crippen molar-refractivity contribution in [3.8, 4) is 0 Å². The first-order chi connectivity index (χ1) is 13.5. The van der Waals surface area contributed by atoms with Gasteiger partial charge in [-0.15, -0.1) is 0 Å². The highest BCUT2D eigenvalue weighted by Gasteiger charge is 2.26. The topological polar surface area (TPSA) is 88.9 Å². The van der Waals surface area contributed by atoms with Gasteiger partial charge < -0.3 is 18.6 Å². The molecule has 3 aromatic rings. The number of halogens is 1. The van der Waals surface area contributed by atoms with E-state index in [1.54, 1.807) is 40.1 Å². The second-order valence-corrected chi connectivity index (χ2v) is 6.97. The predicted octanol–water partition coefficient (Wildman–Crippen LogP) is 2.22. The molecule has 0 aliphatic carbocycles. The van der Waals surface area contributed by atoms with Gasteiger partial charge in [0.15, 0.2) is 11.3 Å². The van der Waals surface area contributed by atoms with Crippen molar-refractivity contribution in [2.24, 2.45) is 0 Å². The third-order valence-electron chi connectivity index (χ3n) is 4.83. The van der Waals surface area contributed by atoms with Gasteiger partial charge in [-0.1, -0.05) is 11.6 Å². The lowest BCUT2D eigenvalue weighted by atomic mass is 10.2. The summed E-state index contributed by atoms with van der Waals surface area (Å²) < 4.78 is 11.7. The van der Waals surface area contributed by atoms with E-state index in [9.17, 15) is 14.4 Å². The number of hydrogen-bond acceptors (Lipinski definition) is 5. The standard InChI is InChI=1S/C19H18ClN3O5/c20-13-3-4-15-14(12-13)23(19(26)28-15)6-5-17(24)21-7-9-22(10-8-21)18(25)16-2-1-11-27-16/h1-4,11-12H,5-10H2. The minimum Gasteiger partial charge on any atom is -0.459 e. The van der Waals surface area contributed by atoms with E-state index in [-0.39, 0.29) is 24.8 Å². The second kappa shape index (κ2) is 7.55. The number of fused-ring (bicyclic) bond motifs is 1. The Morgan fingerprint density at radius 1 is 1.07 bits per heavy atom. The minimum atomic E-state index is -0.515. The highest BCUT2D eigenvalue weighted by molar-refractivity contribution is 6.31. The summed E-state index contributed by atoms with van der Waals surface area (Å²) in [6, 6.07) is 8.21. The fourth-order valence-corrected chi connectivity index (χ4v) is 3.49. The zero-order chi connectivity index (χ0) is 19.7. The molecule has 0 spiro atoms. The molecule has 146 valence electrons. The zero-order valence-corrected chi connectivity index (χ0v) is 15.7. The molecule has 28 heavy (non-hydrogen) atoms. The van der Waals surface area contributed by atoms with E-state index in [4.69, 9.17) is 20.4 Å². The fraction of sp³-hybridized carbons (Fsp3) is 0.316. The van der Waals surface area contributed by atoms with Crippen LogP contribution in [0, 0.1) is 0 Å². The molecular formula is C19H18ClN3O5. The van der Waals surface area contributed by atoms with Crippen LogP contribution in [0.25, 0.3) is 11.1 Å². The third kappa shape index (κ3) is 3.55. The Morgan fingerprint density at radius 3 is 2.54 bits per heavy atom. The zero-order valence-electron chi connectivity index (χ0n) is 15.0. The van der Waals surface area contributed by atoms with Crippen LogP contribution < -0.4 is 5.76 Å². The van der Waals surface area contributed by atoms with Gasteiger partial charge in [-0.3, -0.25) is 14.2 Å². The van der Waals surface area contributed by atoms with Gasteiger partial charge in [-0.25, -0.2) is 4.79 Å². The molecule has 8 nitrogen and oxygen atoms in total. The summed E-state index contributed by atoms with van der Waals surface area (Å²) in [5.74, 6) is -0.470. The Morgan fingerprint density at radius 2 is 1.82 bits per heavy atom. The SMILES string of the molecule is O=C(CCn1c(=O)oc2ccc(Cl)cc21)N1CCN(C(=O)c2ccco2)CC1. The molecule has 0 radical (unpaired) electrons. The molecule has 1 aromatic carbocycles. The molecule has 0 N–H and O–H groups in total. The molecule has 1 aliphatic heterocycles. The van der Waals surface area contributed by atoms with Gasteiger partial charge in [0.25, 0.3) is 5.91 Å². The van der Waals surface area contributed by atoms with E-state index in [2.05, 4.69) is 0 Å². The van der Waals surface area contributed by atoms with Crippen molar-refractivity contribution in [1.29, 1.82) is 0 Å². The van der Waals surface area contributed by atoms with E-state index < -0.39 is 5.76 Å². The number of carbonyl (C=O) groups excluding carboxylic acids is 2. The number of benzene rings is 1. The first kappa shape index (κ1) is 18.4. The van der Waals surface area contributed by atoms with Gasteiger partial charge in [0.05, 0.1) is 11.8 Å². The van der Waals surface area contributed by atoms with Gasteiger partial charge in [-0.05, 0) is 30.3 Å². The van der Waals surface area contributed by atoms with Crippen molar-refractivity contribution in [3.05, 3.63) is 57.9 Å². The first-order valence-corrected chi connectivity index (χ1v) is 9.30. The molecule has 2 amide bonds. The van der Waals surface area contributed by atoms with Crippen LogP contribution in [0.5, 0.6) is 0 Å². The van der Waals surface area contributed by atoms with Crippen molar-refractivity contribution >= 4 is 34.5 Å². The maximum Gasteiger partial charge on any atom is 0.419 e. The molecule has 1 saturated heterocycles. The fourth-order valence-electron chi connectivity index (χ4n) is 3.33. The molecule has 2 aromatic heterocycles. The number of hydrogen-bond donors (Lipinski definition) is 0. The third-order valence-corrected chi connectivity index (χ3v) is 5.07. The smallest absolute Gasteiger partial charge is 0.419 e. The summed E-state index contributed by atoms with van der Waals surface area (Å²) in [6.07, 6.45) is 1.62. The van der Waals surface area contributed by atoms with Crippen LogP contribution in [-0.4, -0.2) is 52.4 Å². The summed E-state index contributed by atoms with van der Waals surface area (Å²) >= 11 is 5.99. The summed E-state index contributed by atoms with van der Waals surface area (Å²) in [5.41, 5.74) is 1.01. The Hall–Kier alpha value is -3.00. The highest BCUT2D eigenvalue weighted by Crippen LogP contribution is 2.19. The summed E-state index contributed by atoms with van der Waals surface area (Å²) in [6.45, 7) is 1.97. The number of piperazine rings is 1. The van der Waals surface area contributed by atoms with Crippen LogP contribution in [0.2, 0.25) is 5.02 Å². The number of oxazole rings is 1. The van der Waals surface area contributed by atoms with Crippen LogP contribution >= 0.6 is 11.6 Å². The van der Waals surface area contributed by atoms with E-state index in [0.717, 1.165) is 0 Å². The first-order valence-electron chi connectivity index (χ1n) is 8.92. The Bertz CT molecular complexity index is 1060. The van der Waals surface area contributed by atoms with Crippen LogP contribution in [-0.2, 0) is 11.3 Å². The van der Waals surface area contributed by atoms with Gasteiger partial charge in [-0.2, -0.15) is 0 Å². The van der Waals surface area contributed by atoms with E-state index in [0.29, 0.717) is 48.1 Å². The molecule has 0 bridgehead atoms. The monoisotopic (exact) mass is 403 g/mol. The average molecular weight is 404 g/mol. The normalized spacial score (nSPS) is 14.6. The minimum absolute atomic E-state index is 0.0756. The number of aromatic nitrogens is 1. The summed E-state index contributed by atoms with van der Waals surface area (Å²) in [7, 11) is 0. The van der Waals surface area contributed by atoms with Crippen molar-refractivity contribution < 1.29 is 18.4 Å². The van der Waals surface area contributed by atoms with Crippen molar-refractivity contribution in [2.75, 3.05) is 26.2 Å². The van der Waals surface area contributed by atoms with Gasteiger partial charge in [0.2, 0.25) is 5.91 Å².